The second-order valence-corrected chi connectivity index (χ2v) is 6.22. The maximum Gasteiger partial charge on any atom is 0.227 e. The number of hydrogen-bond donors (Lipinski definition) is 1. The third-order valence-electron chi connectivity index (χ3n) is 3.93. The van der Waals surface area contributed by atoms with Gasteiger partial charge in [0.05, 0.1) is 12.5 Å². The number of benzene rings is 1. The summed E-state index contributed by atoms with van der Waals surface area (Å²) in [5.74, 6) is 0.155. The van der Waals surface area contributed by atoms with Crippen molar-refractivity contribution in [3.05, 3.63) is 64.4 Å². The molecule has 2 aromatic rings. The molecular weight excluding hydrogens is 342 g/mol. The van der Waals surface area contributed by atoms with Gasteiger partial charge in [-0.05, 0) is 23.3 Å². The number of nitrogens with zero attached hydrogens (tertiary/aromatic N) is 2. The van der Waals surface area contributed by atoms with Crippen LogP contribution in [0.4, 0.5) is 0 Å². The Morgan fingerprint density at radius 3 is 2.95 bits per heavy atom. The fraction of sp³-hybridized carbons (Fsp3) is 0.294. The minimum absolute atomic E-state index is 0.0532. The van der Waals surface area contributed by atoms with E-state index in [9.17, 15) is 4.79 Å². The molecule has 1 saturated heterocycles. The zero-order chi connectivity index (χ0) is 15.4. The topological polar surface area (TPSA) is 45.2 Å². The van der Waals surface area contributed by atoms with Gasteiger partial charge in [0.2, 0.25) is 5.91 Å². The van der Waals surface area contributed by atoms with E-state index in [1.54, 1.807) is 6.20 Å². The van der Waals surface area contributed by atoms with Gasteiger partial charge < -0.3 is 10.2 Å². The quantitative estimate of drug-likeness (QED) is 0.915. The first kappa shape index (κ1) is 15.2. The van der Waals surface area contributed by atoms with Crippen LogP contribution < -0.4 is 5.32 Å². The summed E-state index contributed by atoms with van der Waals surface area (Å²) in [7, 11) is 0. The molecule has 1 unspecified atom stereocenters. The van der Waals surface area contributed by atoms with E-state index in [4.69, 9.17) is 0 Å². The molecule has 1 amide bonds. The van der Waals surface area contributed by atoms with Crippen molar-refractivity contribution in [2.45, 2.75) is 12.5 Å². The lowest BCUT2D eigenvalue weighted by molar-refractivity contribution is -0.133. The largest absolute Gasteiger partial charge is 0.333 e. The van der Waals surface area contributed by atoms with Crippen LogP contribution in [0.1, 0.15) is 17.2 Å². The van der Waals surface area contributed by atoms with Crippen molar-refractivity contribution in [3.63, 3.8) is 0 Å². The van der Waals surface area contributed by atoms with E-state index < -0.39 is 0 Å². The molecule has 1 aromatic carbocycles. The standard InChI is InChI=1S/C17H18BrN3O/c18-15-6-2-1-4-13(15)10-17(22)21-9-8-20-12-16(21)14-5-3-7-19-11-14/h1-7,11,16,20H,8-10,12H2. The molecule has 5 heteroatoms. The minimum atomic E-state index is 0.0532. The second kappa shape index (κ2) is 7.03. The van der Waals surface area contributed by atoms with Gasteiger partial charge in [-0.15, -0.1) is 0 Å². The van der Waals surface area contributed by atoms with Gasteiger partial charge in [0.25, 0.3) is 0 Å². The lowest BCUT2D eigenvalue weighted by atomic mass is 10.0. The summed E-state index contributed by atoms with van der Waals surface area (Å²) in [6, 6.07) is 11.9. The number of rotatable bonds is 3. The van der Waals surface area contributed by atoms with Gasteiger partial charge in [-0.1, -0.05) is 40.2 Å². The number of carbonyl (C=O) groups is 1. The van der Waals surface area contributed by atoms with Gasteiger partial charge in [-0.3, -0.25) is 9.78 Å². The van der Waals surface area contributed by atoms with Crippen LogP contribution in [-0.2, 0) is 11.2 Å². The van der Waals surface area contributed by atoms with E-state index in [2.05, 4.69) is 26.2 Å². The van der Waals surface area contributed by atoms with Gasteiger partial charge in [0.1, 0.15) is 0 Å². The average Bonchev–Trinajstić information content (AvgIpc) is 2.58. The van der Waals surface area contributed by atoms with Crippen molar-refractivity contribution in [2.75, 3.05) is 19.6 Å². The van der Waals surface area contributed by atoms with E-state index in [1.165, 1.54) is 0 Å². The molecule has 0 saturated carbocycles. The van der Waals surface area contributed by atoms with E-state index >= 15 is 0 Å². The van der Waals surface area contributed by atoms with E-state index in [0.29, 0.717) is 6.42 Å². The first-order chi connectivity index (χ1) is 10.8. The lowest BCUT2D eigenvalue weighted by Gasteiger charge is -2.36. The summed E-state index contributed by atoms with van der Waals surface area (Å²) in [6.45, 7) is 2.33. The molecule has 1 fully saturated rings. The van der Waals surface area contributed by atoms with Crippen LogP contribution in [0, 0.1) is 0 Å². The fourth-order valence-corrected chi connectivity index (χ4v) is 3.20. The van der Waals surface area contributed by atoms with Gasteiger partial charge >= 0.3 is 0 Å². The molecule has 4 nitrogen and oxygen atoms in total. The first-order valence-corrected chi connectivity index (χ1v) is 8.18. The van der Waals surface area contributed by atoms with Crippen molar-refractivity contribution in [1.29, 1.82) is 0 Å². The van der Waals surface area contributed by atoms with Crippen LogP contribution in [0.5, 0.6) is 0 Å². The number of nitrogens with one attached hydrogen (secondary N) is 1. The van der Waals surface area contributed by atoms with Gasteiger partial charge in [-0.2, -0.15) is 0 Å². The summed E-state index contributed by atoms with van der Waals surface area (Å²) in [4.78, 5) is 18.9. The maximum absolute atomic E-state index is 12.8. The molecule has 1 atom stereocenters. The highest BCUT2D eigenvalue weighted by atomic mass is 79.9. The molecule has 1 aliphatic heterocycles. The van der Waals surface area contributed by atoms with Crippen molar-refractivity contribution >= 4 is 21.8 Å². The number of aromatic nitrogens is 1. The Hall–Kier alpha value is -1.72. The average molecular weight is 360 g/mol. The van der Waals surface area contributed by atoms with Gasteiger partial charge in [0, 0.05) is 36.5 Å². The monoisotopic (exact) mass is 359 g/mol. The molecular formula is C17H18BrN3O. The molecule has 3 rings (SSSR count). The second-order valence-electron chi connectivity index (χ2n) is 5.36. The third kappa shape index (κ3) is 3.36. The Balaban J connectivity index is 1.79. The zero-order valence-corrected chi connectivity index (χ0v) is 13.8. The molecule has 0 radical (unpaired) electrons. The predicted octanol–water partition coefficient (Wildman–Crippen LogP) is 2.56. The number of amides is 1. The van der Waals surface area contributed by atoms with Crippen LogP contribution >= 0.6 is 15.9 Å². The predicted molar refractivity (Wildman–Crippen MR) is 89.4 cm³/mol. The van der Waals surface area contributed by atoms with Crippen molar-refractivity contribution < 1.29 is 4.79 Å². The molecule has 1 aromatic heterocycles. The van der Waals surface area contributed by atoms with Crippen LogP contribution in [0.15, 0.2) is 53.3 Å². The molecule has 0 bridgehead atoms. The first-order valence-electron chi connectivity index (χ1n) is 7.39. The Labute approximate surface area is 138 Å². The Bertz CT molecular complexity index is 647. The highest BCUT2D eigenvalue weighted by molar-refractivity contribution is 9.10. The van der Waals surface area contributed by atoms with Crippen molar-refractivity contribution in [2.24, 2.45) is 0 Å². The van der Waals surface area contributed by atoms with Crippen LogP contribution in [0.25, 0.3) is 0 Å². The molecule has 0 spiro atoms. The van der Waals surface area contributed by atoms with Gasteiger partial charge in [-0.25, -0.2) is 0 Å². The zero-order valence-electron chi connectivity index (χ0n) is 12.2. The SMILES string of the molecule is O=C(Cc1ccccc1Br)N1CCNCC1c1cccnc1. The lowest BCUT2D eigenvalue weighted by Crippen LogP contribution is -2.49. The van der Waals surface area contributed by atoms with E-state index in [1.807, 2.05) is 47.5 Å². The minimum Gasteiger partial charge on any atom is -0.333 e. The number of piperazine rings is 1. The van der Waals surface area contributed by atoms with Crippen molar-refractivity contribution in [3.8, 4) is 0 Å². The molecule has 0 aliphatic carbocycles. The summed E-state index contributed by atoms with van der Waals surface area (Å²) >= 11 is 3.52. The van der Waals surface area contributed by atoms with Crippen LogP contribution in [-0.4, -0.2) is 35.4 Å². The highest BCUT2D eigenvalue weighted by Crippen LogP contribution is 2.24. The Morgan fingerprint density at radius 2 is 2.18 bits per heavy atom. The van der Waals surface area contributed by atoms with Gasteiger partial charge in [0.15, 0.2) is 0 Å². The number of carbonyl (C=O) groups excluding carboxylic acids is 1. The van der Waals surface area contributed by atoms with Crippen molar-refractivity contribution in [1.82, 2.24) is 15.2 Å². The van der Waals surface area contributed by atoms with Crippen LogP contribution in [0.2, 0.25) is 0 Å². The normalized spacial score (nSPS) is 18.2. The van der Waals surface area contributed by atoms with E-state index in [-0.39, 0.29) is 11.9 Å². The number of pyridine rings is 1. The Kier molecular flexibility index (Phi) is 4.85. The summed E-state index contributed by atoms with van der Waals surface area (Å²) in [5.41, 5.74) is 2.10. The molecule has 2 heterocycles. The van der Waals surface area contributed by atoms with E-state index in [0.717, 1.165) is 35.2 Å². The fourth-order valence-electron chi connectivity index (χ4n) is 2.78. The molecule has 1 aliphatic rings. The molecule has 22 heavy (non-hydrogen) atoms. The van der Waals surface area contributed by atoms with Crippen LogP contribution in [0.3, 0.4) is 0 Å². The summed E-state index contributed by atoms with van der Waals surface area (Å²) < 4.78 is 0.983. The summed E-state index contributed by atoms with van der Waals surface area (Å²) in [5, 5.41) is 3.36. The highest BCUT2D eigenvalue weighted by Gasteiger charge is 2.28. The summed E-state index contributed by atoms with van der Waals surface area (Å²) in [6.07, 6.45) is 4.02. The maximum atomic E-state index is 12.8. The molecule has 1 N–H and O–H groups in total. The third-order valence-corrected chi connectivity index (χ3v) is 4.71. The smallest absolute Gasteiger partial charge is 0.227 e. The Morgan fingerprint density at radius 1 is 1.32 bits per heavy atom. The number of halogens is 1. The molecule has 114 valence electrons. The number of hydrogen-bond acceptors (Lipinski definition) is 3.